The molecule has 0 spiro atoms. The molecule has 0 aliphatic carbocycles. The lowest BCUT2D eigenvalue weighted by Crippen LogP contribution is -2.25. The van der Waals surface area contributed by atoms with Crippen molar-refractivity contribution >= 4 is 45.8 Å². The molecular formula is C38H40N4O8S2. The van der Waals surface area contributed by atoms with Gasteiger partial charge in [0.1, 0.15) is 11.5 Å². The standard InChI is InChI=1S/2C19H20N2O4S/c2*1-12(22)14-4-5-15(20-11-14)8-9-25-16-6-2-13(3-7-16)10-17-18(23)21-19(24)26-17/h2*2-7,11-12,17,22H,8-10H2,1H3,(H,21,23,24)/t12?,17-;/m1./s1. The van der Waals surface area contributed by atoms with E-state index < -0.39 is 12.2 Å². The number of amides is 4. The van der Waals surface area contributed by atoms with Gasteiger partial charge in [-0.05, 0) is 85.3 Å². The number of thioether (sulfide) groups is 2. The zero-order valence-corrected chi connectivity index (χ0v) is 30.3. The molecule has 272 valence electrons. The average molecular weight is 745 g/mol. The summed E-state index contributed by atoms with van der Waals surface area (Å²) in [5, 5.41) is 22.3. The Kier molecular flexibility index (Phi) is 13.8. The van der Waals surface area contributed by atoms with Crippen LogP contribution in [0.4, 0.5) is 9.59 Å². The number of nitrogens with one attached hydrogen (secondary N) is 2. The number of ether oxygens (including phenoxy) is 2. The third-order valence-corrected chi connectivity index (χ3v) is 10.1. The third kappa shape index (κ3) is 11.6. The van der Waals surface area contributed by atoms with Crippen LogP contribution in [-0.4, -0.2) is 66.2 Å². The van der Waals surface area contributed by atoms with Crippen LogP contribution in [0.25, 0.3) is 0 Å². The van der Waals surface area contributed by atoms with E-state index >= 15 is 0 Å². The average Bonchev–Trinajstić information content (AvgIpc) is 3.63. The number of benzene rings is 2. The Balaban J connectivity index is 0.000000201. The van der Waals surface area contributed by atoms with Crippen molar-refractivity contribution < 1.29 is 38.9 Å². The van der Waals surface area contributed by atoms with Gasteiger partial charge in [0.15, 0.2) is 0 Å². The number of pyridine rings is 2. The number of carbonyl (C=O) groups is 4. The van der Waals surface area contributed by atoms with Gasteiger partial charge >= 0.3 is 0 Å². The molecule has 6 rings (SSSR count). The minimum absolute atomic E-state index is 0.227. The normalized spacial score (nSPS) is 17.8. The molecule has 0 radical (unpaired) electrons. The SMILES string of the molecule is CC(O)c1ccc(CCOc2ccc(CC3SC(=O)NC3=O)cc2)nc1.CC(O)c1ccc(CCOc2ccc(C[C@H]3SC(=O)NC3=O)cc2)nc1. The summed E-state index contributed by atoms with van der Waals surface area (Å²) in [6, 6.07) is 22.6. The zero-order valence-electron chi connectivity index (χ0n) is 28.7. The van der Waals surface area contributed by atoms with E-state index in [-0.39, 0.29) is 32.8 Å². The van der Waals surface area contributed by atoms with E-state index in [1.165, 1.54) is 0 Å². The summed E-state index contributed by atoms with van der Waals surface area (Å²) >= 11 is 2.07. The monoisotopic (exact) mass is 744 g/mol. The molecule has 12 nitrogen and oxygen atoms in total. The molecule has 2 aromatic carbocycles. The van der Waals surface area contributed by atoms with Crippen molar-refractivity contribution in [3.8, 4) is 11.5 Å². The molecule has 4 heterocycles. The molecule has 3 unspecified atom stereocenters. The lowest BCUT2D eigenvalue weighted by atomic mass is 10.1. The summed E-state index contributed by atoms with van der Waals surface area (Å²) in [4.78, 5) is 54.2. The fourth-order valence-electron chi connectivity index (χ4n) is 5.14. The number of rotatable bonds is 14. The van der Waals surface area contributed by atoms with Gasteiger partial charge in [0.2, 0.25) is 11.8 Å². The van der Waals surface area contributed by atoms with Gasteiger partial charge in [-0.25, -0.2) is 0 Å². The topological polar surface area (TPSA) is 177 Å². The minimum Gasteiger partial charge on any atom is -0.493 e. The molecule has 14 heteroatoms. The minimum atomic E-state index is -0.516. The molecule has 4 N–H and O–H groups in total. The van der Waals surface area contributed by atoms with E-state index in [1.54, 1.807) is 26.2 Å². The van der Waals surface area contributed by atoms with Crippen LogP contribution in [0.3, 0.4) is 0 Å². The van der Waals surface area contributed by atoms with E-state index in [1.807, 2.05) is 72.8 Å². The Morgan fingerprint density at radius 3 is 1.29 bits per heavy atom. The van der Waals surface area contributed by atoms with E-state index in [9.17, 15) is 29.4 Å². The van der Waals surface area contributed by atoms with Crippen LogP contribution in [-0.2, 0) is 35.3 Å². The number of aliphatic hydroxyl groups excluding tert-OH is 2. The lowest BCUT2D eigenvalue weighted by molar-refractivity contribution is -0.119. The Morgan fingerprint density at radius 2 is 1.00 bits per heavy atom. The summed E-state index contributed by atoms with van der Waals surface area (Å²) in [6.07, 6.45) is 4.69. The predicted molar refractivity (Wildman–Crippen MR) is 198 cm³/mol. The Hall–Kier alpha value is -4.76. The smallest absolute Gasteiger partial charge is 0.286 e. The number of carbonyl (C=O) groups excluding carboxylic acids is 4. The fourth-order valence-corrected chi connectivity index (χ4v) is 6.86. The first kappa shape index (κ1) is 38.5. The summed E-state index contributed by atoms with van der Waals surface area (Å²) in [7, 11) is 0. The van der Waals surface area contributed by atoms with Crippen LogP contribution < -0.4 is 20.1 Å². The molecule has 4 atom stereocenters. The highest BCUT2D eigenvalue weighted by Crippen LogP contribution is 2.25. The number of hydrogen-bond donors (Lipinski definition) is 4. The summed E-state index contributed by atoms with van der Waals surface area (Å²) in [6.45, 7) is 4.41. The van der Waals surface area contributed by atoms with Crippen molar-refractivity contribution in [3.63, 3.8) is 0 Å². The molecule has 4 aromatic rings. The van der Waals surface area contributed by atoms with E-state index in [2.05, 4.69) is 20.6 Å². The van der Waals surface area contributed by atoms with Crippen LogP contribution in [0.5, 0.6) is 11.5 Å². The lowest BCUT2D eigenvalue weighted by Gasteiger charge is -2.09. The first-order chi connectivity index (χ1) is 25.0. The molecule has 4 amide bonds. The Morgan fingerprint density at radius 1 is 0.615 bits per heavy atom. The molecule has 2 aliphatic rings. The van der Waals surface area contributed by atoms with Gasteiger partial charge in [0, 0.05) is 36.6 Å². The third-order valence-electron chi connectivity index (χ3n) is 8.14. The van der Waals surface area contributed by atoms with Gasteiger partial charge < -0.3 is 19.7 Å². The molecule has 0 saturated carbocycles. The van der Waals surface area contributed by atoms with E-state index in [4.69, 9.17) is 9.47 Å². The molecule has 2 aliphatic heterocycles. The second-order valence-electron chi connectivity index (χ2n) is 12.2. The summed E-state index contributed by atoms with van der Waals surface area (Å²) < 4.78 is 11.4. The van der Waals surface area contributed by atoms with Crippen molar-refractivity contribution in [3.05, 3.63) is 119 Å². The van der Waals surface area contributed by atoms with Crippen LogP contribution in [0.2, 0.25) is 0 Å². The second-order valence-corrected chi connectivity index (χ2v) is 14.5. The molecule has 52 heavy (non-hydrogen) atoms. The van der Waals surface area contributed by atoms with Gasteiger partial charge in [-0.2, -0.15) is 0 Å². The predicted octanol–water partition coefficient (Wildman–Crippen LogP) is 5.30. The van der Waals surface area contributed by atoms with Crippen molar-refractivity contribution in [2.24, 2.45) is 0 Å². The highest BCUT2D eigenvalue weighted by Gasteiger charge is 2.32. The summed E-state index contributed by atoms with van der Waals surface area (Å²) in [5.74, 6) is 1.03. The second kappa shape index (κ2) is 18.6. The maximum atomic E-state index is 11.6. The van der Waals surface area contributed by atoms with E-state index in [0.717, 1.165) is 68.7 Å². The highest BCUT2D eigenvalue weighted by atomic mass is 32.2. The van der Waals surface area contributed by atoms with Gasteiger partial charge in [-0.1, -0.05) is 59.9 Å². The molecule has 2 aromatic heterocycles. The quantitative estimate of drug-likeness (QED) is 0.131. The van der Waals surface area contributed by atoms with E-state index in [0.29, 0.717) is 38.9 Å². The van der Waals surface area contributed by atoms with Crippen LogP contribution >= 0.6 is 23.5 Å². The van der Waals surface area contributed by atoms with Gasteiger partial charge in [0.05, 0.1) is 35.9 Å². The Labute approximate surface area is 310 Å². The van der Waals surface area contributed by atoms with Crippen molar-refractivity contribution in [2.45, 2.75) is 62.2 Å². The van der Waals surface area contributed by atoms with Crippen LogP contribution in [0, 0.1) is 0 Å². The van der Waals surface area contributed by atoms with Crippen molar-refractivity contribution in [1.29, 1.82) is 0 Å². The number of imide groups is 2. The van der Waals surface area contributed by atoms with Crippen molar-refractivity contribution in [2.75, 3.05) is 13.2 Å². The van der Waals surface area contributed by atoms with Crippen molar-refractivity contribution in [1.82, 2.24) is 20.6 Å². The van der Waals surface area contributed by atoms with Gasteiger partial charge in [-0.15, -0.1) is 0 Å². The zero-order chi connectivity index (χ0) is 37.0. The van der Waals surface area contributed by atoms with Gasteiger partial charge in [-0.3, -0.25) is 39.8 Å². The Bertz CT molecular complexity index is 1690. The number of aromatic nitrogens is 2. The van der Waals surface area contributed by atoms with Crippen LogP contribution in [0.15, 0.2) is 85.2 Å². The highest BCUT2D eigenvalue weighted by molar-refractivity contribution is 8.15. The number of nitrogens with zero attached hydrogens (tertiary/aromatic N) is 2. The molecule has 2 saturated heterocycles. The number of hydrogen-bond acceptors (Lipinski definition) is 12. The number of aliphatic hydroxyl groups is 2. The molecule has 2 fully saturated rings. The largest absolute Gasteiger partial charge is 0.493 e. The first-order valence-electron chi connectivity index (χ1n) is 16.7. The maximum Gasteiger partial charge on any atom is 0.286 e. The summed E-state index contributed by atoms with van der Waals surface area (Å²) in [5.41, 5.74) is 5.35. The molecular weight excluding hydrogens is 705 g/mol. The maximum absolute atomic E-state index is 11.6. The fraction of sp³-hybridized carbons (Fsp3) is 0.316. The molecule has 0 bridgehead atoms. The van der Waals surface area contributed by atoms with Crippen LogP contribution in [0.1, 0.15) is 59.7 Å². The van der Waals surface area contributed by atoms with Gasteiger partial charge in [0.25, 0.3) is 10.5 Å². The first-order valence-corrected chi connectivity index (χ1v) is 18.5.